The van der Waals surface area contributed by atoms with Gasteiger partial charge in [0.1, 0.15) is 5.37 Å². The minimum atomic E-state index is 0.214. The summed E-state index contributed by atoms with van der Waals surface area (Å²) >= 11 is 1.90. The van der Waals surface area contributed by atoms with E-state index in [0.29, 0.717) is 0 Å². The highest BCUT2D eigenvalue weighted by Gasteiger charge is 2.26. The molecule has 11 rings (SSSR count). The van der Waals surface area contributed by atoms with E-state index in [4.69, 9.17) is 0 Å². The normalized spacial score (nSPS) is 15.2. The SMILES string of the molecule is C1=Cc2c(n(-c3ccc4c(c3)c3ccccc3n4-c3ccc4c(ccc5ccc6c(c54)NC(c4ccccc4)S6)c3)c3ccccc23)C1. The Morgan fingerprint density at radius 1 is 0.562 bits per heavy atom. The predicted octanol–water partition coefficient (Wildman–Crippen LogP) is 11.8. The van der Waals surface area contributed by atoms with E-state index in [1.165, 1.54) is 93.0 Å². The summed E-state index contributed by atoms with van der Waals surface area (Å²) in [7, 11) is 0. The van der Waals surface area contributed by atoms with Gasteiger partial charge in [-0.25, -0.2) is 0 Å². The molecule has 1 aliphatic carbocycles. The Morgan fingerprint density at radius 3 is 2.17 bits per heavy atom. The first kappa shape index (κ1) is 26.4. The monoisotopic (exact) mass is 631 g/mol. The van der Waals surface area contributed by atoms with Crippen molar-refractivity contribution in [3.63, 3.8) is 0 Å². The van der Waals surface area contributed by atoms with Gasteiger partial charge in [-0.1, -0.05) is 115 Å². The number of anilines is 1. The molecule has 2 aromatic heterocycles. The minimum absolute atomic E-state index is 0.214. The van der Waals surface area contributed by atoms with Crippen LogP contribution in [0.15, 0.2) is 150 Å². The fraction of sp³-hybridized carbons (Fsp3) is 0.0455. The van der Waals surface area contributed by atoms with Gasteiger partial charge in [0.15, 0.2) is 0 Å². The molecule has 1 unspecified atom stereocenters. The van der Waals surface area contributed by atoms with Gasteiger partial charge in [-0.05, 0) is 70.3 Å². The number of hydrogen-bond acceptors (Lipinski definition) is 2. The molecule has 226 valence electrons. The summed E-state index contributed by atoms with van der Waals surface area (Å²) < 4.78 is 4.90. The molecule has 3 heterocycles. The van der Waals surface area contributed by atoms with Crippen molar-refractivity contribution in [2.75, 3.05) is 5.32 Å². The van der Waals surface area contributed by atoms with Crippen LogP contribution in [0, 0.1) is 0 Å². The molecule has 4 heteroatoms. The molecule has 9 aromatic rings. The Hall–Kier alpha value is -5.71. The van der Waals surface area contributed by atoms with Crippen LogP contribution in [0.5, 0.6) is 0 Å². The highest BCUT2D eigenvalue weighted by Crippen LogP contribution is 2.51. The van der Waals surface area contributed by atoms with Gasteiger partial charge in [0.25, 0.3) is 0 Å². The molecule has 0 fully saturated rings. The van der Waals surface area contributed by atoms with Crippen LogP contribution in [-0.2, 0) is 6.42 Å². The fourth-order valence-electron chi connectivity index (χ4n) is 8.24. The van der Waals surface area contributed by atoms with Crippen molar-refractivity contribution in [2.24, 2.45) is 0 Å². The summed E-state index contributed by atoms with van der Waals surface area (Å²) in [6.45, 7) is 0. The van der Waals surface area contributed by atoms with Crippen molar-refractivity contribution in [2.45, 2.75) is 16.7 Å². The van der Waals surface area contributed by atoms with Crippen LogP contribution >= 0.6 is 11.8 Å². The van der Waals surface area contributed by atoms with E-state index < -0.39 is 0 Å². The molecular weight excluding hydrogens is 603 g/mol. The summed E-state index contributed by atoms with van der Waals surface area (Å²) in [4.78, 5) is 1.31. The predicted molar refractivity (Wildman–Crippen MR) is 204 cm³/mol. The average Bonchev–Trinajstić information content (AvgIpc) is 3.93. The Morgan fingerprint density at radius 2 is 1.27 bits per heavy atom. The van der Waals surface area contributed by atoms with Crippen LogP contribution in [0.2, 0.25) is 0 Å². The second kappa shape index (κ2) is 9.90. The van der Waals surface area contributed by atoms with E-state index in [-0.39, 0.29) is 5.37 Å². The van der Waals surface area contributed by atoms with Crippen LogP contribution in [0.4, 0.5) is 5.69 Å². The number of thioether (sulfide) groups is 1. The van der Waals surface area contributed by atoms with Crippen LogP contribution in [0.1, 0.15) is 22.2 Å². The zero-order valence-electron chi connectivity index (χ0n) is 26.0. The second-order valence-electron chi connectivity index (χ2n) is 12.9. The Labute approximate surface area is 281 Å². The van der Waals surface area contributed by atoms with Crippen molar-refractivity contribution in [1.82, 2.24) is 9.13 Å². The first-order chi connectivity index (χ1) is 23.8. The molecule has 48 heavy (non-hydrogen) atoms. The summed E-state index contributed by atoms with van der Waals surface area (Å²) in [6.07, 6.45) is 5.53. The molecule has 3 nitrogen and oxygen atoms in total. The third-order valence-electron chi connectivity index (χ3n) is 10.4. The summed E-state index contributed by atoms with van der Waals surface area (Å²) in [5, 5.41) is 13.0. The van der Waals surface area contributed by atoms with Crippen molar-refractivity contribution in [3.05, 3.63) is 162 Å². The van der Waals surface area contributed by atoms with E-state index in [0.717, 1.165) is 6.42 Å². The molecule has 0 spiro atoms. The standard InChI is InChI=1S/C44H29N3S/c1-2-9-28(10-3-1)44-45-43-41(48-44)24-19-27-17-18-29-25-30(20-22-32(29)42(27)43)46-38-15-7-5-12-35(38)36-26-31(21-23-40(36)46)47-37-14-6-4-11-33(37)34-13-8-16-39(34)47/h1-15,17-26,44-45H,16H2. The van der Waals surface area contributed by atoms with Gasteiger partial charge in [-0.3, -0.25) is 0 Å². The average molecular weight is 632 g/mol. The fourth-order valence-corrected chi connectivity index (χ4v) is 9.39. The van der Waals surface area contributed by atoms with E-state index in [2.05, 4.69) is 166 Å². The molecular formula is C44H29N3S. The van der Waals surface area contributed by atoms with Gasteiger partial charge in [-0.15, -0.1) is 0 Å². The third-order valence-corrected chi connectivity index (χ3v) is 11.6. The zero-order chi connectivity index (χ0) is 31.3. The topological polar surface area (TPSA) is 21.9 Å². The minimum Gasteiger partial charge on any atom is -0.368 e. The van der Waals surface area contributed by atoms with E-state index >= 15 is 0 Å². The smallest absolute Gasteiger partial charge is 0.103 e. The lowest BCUT2D eigenvalue weighted by Gasteiger charge is -2.14. The van der Waals surface area contributed by atoms with Crippen LogP contribution in [-0.4, -0.2) is 9.13 Å². The van der Waals surface area contributed by atoms with E-state index in [1.807, 2.05) is 11.8 Å². The summed E-state index contributed by atoms with van der Waals surface area (Å²) in [6, 6.07) is 51.5. The number of allylic oxidation sites excluding steroid dienone is 1. The van der Waals surface area contributed by atoms with Gasteiger partial charge >= 0.3 is 0 Å². The van der Waals surface area contributed by atoms with Gasteiger partial charge in [0, 0.05) is 55.5 Å². The van der Waals surface area contributed by atoms with E-state index in [1.54, 1.807) is 0 Å². The van der Waals surface area contributed by atoms with Crippen LogP contribution in [0.25, 0.3) is 71.7 Å². The maximum atomic E-state index is 3.87. The van der Waals surface area contributed by atoms with Crippen molar-refractivity contribution in [3.8, 4) is 11.4 Å². The molecule has 7 aromatic carbocycles. The summed E-state index contributed by atoms with van der Waals surface area (Å²) in [5.41, 5.74) is 11.4. The summed E-state index contributed by atoms with van der Waals surface area (Å²) in [5.74, 6) is 0. The van der Waals surface area contributed by atoms with Crippen LogP contribution < -0.4 is 5.32 Å². The first-order valence-electron chi connectivity index (χ1n) is 16.6. The lowest BCUT2D eigenvalue weighted by Crippen LogP contribution is -2.01. The molecule has 0 bridgehead atoms. The maximum absolute atomic E-state index is 3.87. The maximum Gasteiger partial charge on any atom is 0.103 e. The van der Waals surface area contributed by atoms with Gasteiger partial charge in [0.2, 0.25) is 0 Å². The molecule has 0 radical (unpaired) electrons. The molecule has 1 atom stereocenters. The van der Waals surface area contributed by atoms with Crippen molar-refractivity contribution >= 4 is 77.8 Å². The second-order valence-corrected chi connectivity index (χ2v) is 14.1. The van der Waals surface area contributed by atoms with Crippen molar-refractivity contribution < 1.29 is 0 Å². The molecule has 1 aliphatic heterocycles. The molecule has 0 amide bonds. The van der Waals surface area contributed by atoms with Gasteiger partial charge < -0.3 is 14.5 Å². The lowest BCUT2D eigenvalue weighted by molar-refractivity contribution is 1.02. The molecule has 2 aliphatic rings. The number of rotatable bonds is 3. The lowest BCUT2D eigenvalue weighted by atomic mass is 9.99. The third kappa shape index (κ3) is 3.66. The molecule has 1 N–H and O–H groups in total. The zero-order valence-corrected chi connectivity index (χ0v) is 26.8. The Kier molecular flexibility index (Phi) is 5.44. The number of nitrogens with zero attached hydrogens (tertiary/aromatic N) is 2. The number of hydrogen-bond donors (Lipinski definition) is 1. The number of para-hydroxylation sites is 2. The highest BCUT2D eigenvalue weighted by atomic mass is 32.2. The number of nitrogens with one attached hydrogen (secondary N) is 1. The quantitative estimate of drug-likeness (QED) is 0.196. The Balaban J connectivity index is 1.08. The number of aromatic nitrogens is 2. The van der Waals surface area contributed by atoms with Gasteiger partial charge in [0.05, 0.1) is 22.2 Å². The molecule has 0 saturated heterocycles. The first-order valence-corrected chi connectivity index (χ1v) is 17.5. The number of benzene rings is 7. The van der Waals surface area contributed by atoms with Crippen molar-refractivity contribution in [1.29, 1.82) is 0 Å². The largest absolute Gasteiger partial charge is 0.368 e. The molecule has 0 saturated carbocycles. The number of fused-ring (bicyclic) bond motifs is 11. The highest BCUT2D eigenvalue weighted by molar-refractivity contribution is 8.00. The Bertz CT molecular complexity index is 2820. The van der Waals surface area contributed by atoms with Crippen LogP contribution in [0.3, 0.4) is 0 Å². The van der Waals surface area contributed by atoms with E-state index in [9.17, 15) is 0 Å². The van der Waals surface area contributed by atoms with Gasteiger partial charge in [-0.2, -0.15) is 0 Å².